The highest BCUT2D eigenvalue weighted by Gasteiger charge is 2.41. The van der Waals surface area contributed by atoms with Crippen molar-refractivity contribution in [3.8, 4) is 0 Å². The van der Waals surface area contributed by atoms with Gasteiger partial charge in [-0.15, -0.1) is 0 Å². The summed E-state index contributed by atoms with van der Waals surface area (Å²) < 4.78 is 0. The monoisotopic (exact) mass is 283 g/mol. The molecule has 4 nitrogen and oxygen atoms in total. The van der Waals surface area contributed by atoms with Gasteiger partial charge in [-0.2, -0.15) is 0 Å². The van der Waals surface area contributed by atoms with Crippen molar-refractivity contribution >= 4 is 22.5 Å². The summed E-state index contributed by atoms with van der Waals surface area (Å²) in [6.07, 6.45) is 7.17. The van der Waals surface area contributed by atoms with Crippen molar-refractivity contribution in [2.75, 3.05) is 12.3 Å². The summed E-state index contributed by atoms with van der Waals surface area (Å²) in [7, 11) is 0. The van der Waals surface area contributed by atoms with Gasteiger partial charge in [-0.1, -0.05) is 0 Å². The van der Waals surface area contributed by atoms with E-state index in [1.54, 1.807) is 6.20 Å². The number of hydrogen-bond acceptors (Lipinski definition) is 2. The highest BCUT2D eigenvalue weighted by Crippen LogP contribution is 2.48. The van der Waals surface area contributed by atoms with Crippen LogP contribution in [-0.2, 0) is 0 Å². The van der Waals surface area contributed by atoms with Crippen molar-refractivity contribution < 1.29 is 4.79 Å². The van der Waals surface area contributed by atoms with Gasteiger partial charge >= 0.3 is 0 Å². The Balaban J connectivity index is 1.49. The molecule has 0 bridgehead atoms. The predicted octanol–water partition coefficient (Wildman–Crippen LogP) is 2.92. The summed E-state index contributed by atoms with van der Waals surface area (Å²) in [5.41, 5.74) is 8.16. The summed E-state index contributed by atoms with van der Waals surface area (Å²) in [5.74, 6) is 2.43. The number of nitrogens with two attached hydrogens (primary N) is 1. The number of carbonyl (C=O) groups is 1. The number of aromatic nitrogens is 1. The first-order valence-corrected chi connectivity index (χ1v) is 7.87. The normalized spacial score (nSPS) is 18.3. The molecule has 0 saturated heterocycles. The maximum atomic E-state index is 12.4. The van der Waals surface area contributed by atoms with Crippen LogP contribution in [0.25, 0.3) is 10.9 Å². The van der Waals surface area contributed by atoms with Gasteiger partial charge in [0.05, 0.1) is 5.56 Å². The Labute approximate surface area is 124 Å². The molecule has 110 valence electrons. The highest BCUT2D eigenvalue weighted by molar-refractivity contribution is 6.07. The lowest BCUT2D eigenvalue weighted by atomic mass is 9.98. The number of amides is 1. The first-order valence-electron chi connectivity index (χ1n) is 7.87. The molecular weight excluding hydrogens is 262 g/mol. The summed E-state index contributed by atoms with van der Waals surface area (Å²) in [5, 5.41) is 4.04. The van der Waals surface area contributed by atoms with Crippen LogP contribution in [0.1, 0.15) is 36.0 Å². The average Bonchev–Trinajstić information content (AvgIpc) is 3.38. The number of carbonyl (C=O) groups excluding carboxylic acids is 1. The number of nitrogen functional groups attached to an aromatic ring is 1. The van der Waals surface area contributed by atoms with Crippen molar-refractivity contribution in [1.29, 1.82) is 0 Å². The third-order valence-electron chi connectivity index (χ3n) is 4.90. The van der Waals surface area contributed by atoms with E-state index in [0.717, 1.165) is 29.3 Å². The van der Waals surface area contributed by atoms with Crippen molar-refractivity contribution in [1.82, 2.24) is 10.3 Å². The Bertz CT molecular complexity index is 670. The second-order valence-corrected chi connectivity index (χ2v) is 6.56. The number of hydrogen-bond donors (Lipinski definition) is 3. The van der Waals surface area contributed by atoms with Crippen LogP contribution in [-0.4, -0.2) is 17.4 Å². The van der Waals surface area contributed by atoms with Gasteiger partial charge in [0, 0.05) is 29.3 Å². The molecule has 4 heteroatoms. The average molecular weight is 283 g/mol. The molecule has 2 aliphatic carbocycles. The zero-order chi connectivity index (χ0) is 14.4. The van der Waals surface area contributed by atoms with Gasteiger partial charge in [0.25, 0.3) is 5.91 Å². The van der Waals surface area contributed by atoms with E-state index in [0.29, 0.717) is 17.2 Å². The summed E-state index contributed by atoms with van der Waals surface area (Å²) in [6, 6.07) is 5.62. The molecule has 2 aromatic rings. The number of H-pyrrole nitrogens is 1. The quantitative estimate of drug-likeness (QED) is 0.738. The molecule has 1 heterocycles. The second-order valence-electron chi connectivity index (χ2n) is 6.56. The number of anilines is 1. The van der Waals surface area contributed by atoms with Crippen LogP contribution in [0, 0.1) is 17.8 Å². The minimum Gasteiger partial charge on any atom is -0.399 e. The first-order chi connectivity index (χ1) is 10.2. The molecule has 1 aromatic carbocycles. The zero-order valence-electron chi connectivity index (χ0n) is 12.1. The van der Waals surface area contributed by atoms with Crippen LogP contribution in [0.2, 0.25) is 0 Å². The van der Waals surface area contributed by atoms with E-state index in [-0.39, 0.29) is 5.91 Å². The van der Waals surface area contributed by atoms with Crippen LogP contribution in [0.15, 0.2) is 24.4 Å². The molecule has 0 atom stereocenters. The maximum Gasteiger partial charge on any atom is 0.253 e. The number of benzene rings is 1. The standard InChI is InChI=1S/C17H21N3O/c18-12-5-6-16-13(7-12)15(9-19-16)17(21)20-8-14(10-1-2-10)11-3-4-11/h5-7,9-11,14,19H,1-4,8,18H2,(H,20,21). The molecule has 4 N–H and O–H groups in total. The Morgan fingerprint density at radius 2 is 2.00 bits per heavy atom. The molecular formula is C17H21N3O. The fourth-order valence-corrected chi connectivity index (χ4v) is 3.40. The molecule has 0 unspecified atom stereocenters. The van der Waals surface area contributed by atoms with Gasteiger partial charge in [-0.25, -0.2) is 0 Å². The van der Waals surface area contributed by atoms with Gasteiger partial charge in [-0.05, 0) is 61.6 Å². The summed E-state index contributed by atoms with van der Waals surface area (Å²) in [4.78, 5) is 15.6. The number of fused-ring (bicyclic) bond motifs is 1. The van der Waals surface area contributed by atoms with E-state index in [1.807, 2.05) is 18.2 Å². The van der Waals surface area contributed by atoms with Crippen LogP contribution in [0.4, 0.5) is 5.69 Å². The Morgan fingerprint density at radius 3 is 2.67 bits per heavy atom. The smallest absolute Gasteiger partial charge is 0.253 e. The molecule has 0 spiro atoms. The third-order valence-corrected chi connectivity index (χ3v) is 4.90. The molecule has 2 fully saturated rings. The van der Waals surface area contributed by atoms with Crippen LogP contribution in [0.5, 0.6) is 0 Å². The van der Waals surface area contributed by atoms with Crippen molar-refractivity contribution in [3.63, 3.8) is 0 Å². The van der Waals surface area contributed by atoms with E-state index in [2.05, 4.69) is 10.3 Å². The van der Waals surface area contributed by atoms with E-state index in [4.69, 9.17) is 5.73 Å². The molecule has 1 amide bonds. The lowest BCUT2D eigenvalue weighted by molar-refractivity contribution is 0.0945. The lowest BCUT2D eigenvalue weighted by Crippen LogP contribution is -2.31. The Hall–Kier alpha value is -1.97. The fraction of sp³-hybridized carbons (Fsp3) is 0.471. The predicted molar refractivity (Wildman–Crippen MR) is 84.0 cm³/mol. The number of rotatable bonds is 5. The van der Waals surface area contributed by atoms with E-state index < -0.39 is 0 Å². The number of aromatic amines is 1. The van der Waals surface area contributed by atoms with Gasteiger partial charge in [0.2, 0.25) is 0 Å². The van der Waals surface area contributed by atoms with E-state index >= 15 is 0 Å². The van der Waals surface area contributed by atoms with Gasteiger partial charge < -0.3 is 16.0 Å². The van der Waals surface area contributed by atoms with E-state index in [1.165, 1.54) is 25.7 Å². The summed E-state index contributed by atoms with van der Waals surface area (Å²) in [6.45, 7) is 0.823. The topological polar surface area (TPSA) is 70.9 Å². The van der Waals surface area contributed by atoms with Crippen LogP contribution < -0.4 is 11.1 Å². The molecule has 4 rings (SSSR count). The Kier molecular flexibility index (Phi) is 2.91. The lowest BCUT2D eigenvalue weighted by Gasteiger charge is -2.16. The minimum absolute atomic E-state index is 0.0122. The van der Waals surface area contributed by atoms with E-state index in [9.17, 15) is 4.79 Å². The molecule has 1 aromatic heterocycles. The van der Waals surface area contributed by atoms with Gasteiger partial charge in [0.15, 0.2) is 0 Å². The van der Waals surface area contributed by atoms with Crippen molar-refractivity contribution in [2.24, 2.45) is 17.8 Å². The molecule has 2 aliphatic rings. The van der Waals surface area contributed by atoms with Gasteiger partial charge in [-0.3, -0.25) is 4.79 Å². The molecule has 2 saturated carbocycles. The number of nitrogens with one attached hydrogen (secondary N) is 2. The summed E-state index contributed by atoms with van der Waals surface area (Å²) >= 11 is 0. The van der Waals surface area contributed by atoms with Crippen molar-refractivity contribution in [2.45, 2.75) is 25.7 Å². The molecule has 0 aliphatic heterocycles. The highest BCUT2D eigenvalue weighted by atomic mass is 16.1. The van der Waals surface area contributed by atoms with Crippen LogP contribution in [0.3, 0.4) is 0 Å². The zero-order valence-corrected chi connectivity index (χ0v) is 12.1. The fourth-order valence-electron chi connectivity index (χ4n) is 3.40. The molecule has 0 radical (unpaired) electrons. The van der Waals surface area contributed by atoms with Crippen molar-refractivity contribution in [3.05, 3.63) is 30.0 Å². The van der Waals surface area contributed by atoms with Gasteiger partial charge in [0.1, 0.15) is 0 Å². The third kappa shape index (κ3) is 2.50. The van der Waals surface area contributed by atoms with Crippen LogP contribution >= 0.6 is 0 Å². The maximum absolute atomic E-state index is 12.4. The Morgan fingerprint density at radius 1 is 1.29 bits per heavy atom. The minimum atomic E-state index is 0.0122. The largest absolute Gasteiger partial charge is 0.399 e. The molecule has 21 heavy (non-hydrogen) atoms. The second kappa shape index (κ2) is 4.79. The SMILES string of the molecule is Nc1ccc2[nH]cc(C(=O)NCC(C3CC3)C3CC3)c2c1. The first kappa shape index (κ1) is 12.7.